The van der Waals surface area contributed by atoms with Crippen LogP contribution in [-0.4, -0.2) is 74.6 Å². The van der Waals surface area contributed by atoms with Crippen molar-refractivity contribution in [3.05, 3.63) is 24.0 Å². The number of piperazine rings is 1. The van der Waals surface area contributed by atoms with Gasteiger partial charge in [0.05, 0.1) is 36.6 Å². The molecule has 0 aromatic heterocycles. The maximum atomic E-state index is 14.9. The van der Waals surface area contributed by atoms with Gasteiger partial charge in [-0.1, -0.05) is 37.9 Å². The topological polar surface area (TPSA) is 74.3 Å². The molecule has 1 atom stereocenters. The summed E-state index contributed by atoms with van der Waals surface area (Å²) < 4.78 is 25.1. The molecule has 2 aliphatic heterocycles. The van der Waals surface area contributed by atoms with Crippen LogP contribution in [0.4, 0.5) is 25.4 Å². The standard InChI is InChI=1S/C23H31FN4O4S/c1-31-22(29)27-10-8-26(9-11-27)20-7-6-17(13-19(20)24)28-15-18(32-23(28)30)14-25-21(33)12-16-4-2-3-5-16/h6-7,13,16,18H,2-5,8-12,14-15H2,1H3,(H,25,33)/t18-/m0/s1. The first-order chi connectivity index (χ1) is 15.9. The summed E-state index contributed by atoms with van der Waals surface area (Å²) in [5, 5.41) is 3.23. The molecule has 2 heterocycles. The maximum Gasteiger partial charge on any atom is 0.414 e. The largest absolute Gasteiger partial charge is 0.453 e. The summed E-state index contributed by atoms with van der Waals surface area (Å²) in [5.74, 6) is 0.253. The van der Waals surface area contributed by atoms with Gasteiger partial charge >= 0.3 is 12.2 Å². The zero-order valence-electron chi connectivity index (χ0n) is 18.9. The molecule has 0 bridgehead atoms. The minimum absolute atomic E-state index is 0.340. The Labute approximate surface area is 199 Å². The van der Waals surface area contributed by atoms with Crippen LogP contribution in [0.15, 0.2) is 18.2 Å². The van der Waals surface area contributed by atoms with E-state index in [-0.39, 0.29) is 12.2 Å². The molecule has 10 heteroatoms. The lowest BCUT2D eigenvalue weighted by atomic mass is 10.0. The smallest absolute Gasteiger partial charge is 0.414 e. The molecule has 33 heavy (non-hydrogen) atoms. The number of thiocarbonyl (C=S) groups is 1. The Bertz CT molecular complexity index is 887. The first-order valence-electron chi connectivity index (χ1n) is 11.6. The summed E-state index contributed by atoms with van der Waals surface area (Å²) in [6.07, 6.45) is 4.72. The third kappa shape index (κ3) is 5.66. The van der Waals surface area contributed by atoms with Crippen LogP contribution in [0.5, 0.6) is 0 Å². The second-order valence-corrected chi connectivity index (χ2v) is 9.35. The number of rotatable bonds is 6. The van der Waals surface area contributed by atoms with Crippen LogP contribution in [0.2, 0.25) is 0 Å². The van der Waals surface area contributed by atoms with Gasteiger partial charge in [0, 0.05) is 32.6 Å². The number of halogens is 1. The van der Waals surface area contributed by atoms with Gasteiger partial charge in [-0.2, -0.15) is 0 Å². The minimum atomic E-state index is -0.484. The number of ether oxygens (including phenoxy) is 2. The predicted molar refractivity (Wildman–Crippen MR) is 127 cm³/mol. The first-order valence-corrected chi connectivity index (χ1v) is 12.0. The number of carbonyl (C=O) groups excluding carboxylic acids is 2. The van der Waals surface area contributed by atoms with E-state index in [9.17, 15) is 14.0 Å². The number of nitrogens with one attached hydrogen (secondary N) is 1. The molecule has 1 N–H and O–H groups in total. The van der Waals surface area contributed by atoms with Crippen molar-refractivity contribution in [1.82, 2.24) is 10.2 Å². The molecule has 180 valence electrons. The van der Waals surface area contributed by atoms with Gasteiger partial charge < -0.3 is 24.6 Å². The van der Waals surface area contributed by atoms with E-state index in [4.69, 9.17) is 21.7 Å². The van der Waals surface area contributed by atoms with Gasteiger partial charge in [-0.3, -0.25) is 4.90 Å². The number of carbonyl (C=O) groups is 2. The van der Waals surface area contributed by atoms with Gasteiger partial charge in [0.1, 0.15) is 11.9 Å². The number of anilines is 2. The van der Waals surface area contributed by atoms with Crippen molar-refractivity contribution in [1.29, 1.82) is 0 Å². The Morgan fingerprint density at radius 3 is 2.64 bits per heavy atom. The summed E-state index contributed by atoms with van der Waals surface area (Å²) >= 11 is 5.45. The Kier molecular flexibility index (Phi) is 7.52. The van der Waals surface area contributed by atoms with Crippen molar-refractivity contribution in [2.45, 2.75) is 38.2 Å². The maximum absolute atomic E-state index is 14.9. The highest BCUT2D eigenvalue weighted by Gasteiger charge is 2.33. The van der Waals surface area contributed by atoms with Gasteiger partial charge in [-0.15, -0.1) is 0 Å². The van der Waals surface area contributed by atoms with Crippen LogP contribution in [0, 0.1) is 11.7 Å². The molecule has 1 aromatic rings. The fraction of sp³-hybridized carbons (Fsp3) is 0.609. The van der Waals surface area contributed by atoms with Crippen molar-refractivity contribution in [3.63, 3.8) is 0 Å². The van der Waals surface area contributed by atoms with Gasteiger partial charge in [-0.25, -0.2) is 14.0 Å². The summed E-state index contributed by atoms with van der Waals surface area (Å²) in [7, 11) is 1.35. The number of hydrogen-bond acceptors (Lipinski definition) is 6. The quantitative estimate of drug-likeness (QED) is 0.627. The normalized spacial score (nSPS) is 21.3. The van der Waals surface area contributed by atoms with Crippen LogP contribution in [0.3, 0.4) is 0 Å². The van der Waals surface area contributed by atoms with Crippen molar-refractivity contribution in [2.75, 3.05) is 56.2 Å². The van der Waals surface area contributed by atoms with Crippen LogP contribution in [-0.2, 0) is 9.47 Å². The zero-order valence-corrected chi connectivity index (χ0v) is 19.7. The summed E-state index contributed by atoms with van der Waals surface area (Å²) in [6, 6.07) is 4.77. The van der Waals surface area contributed by atoms with E-state index in [2.05, 4.69) is 5.32 Å². The molecule has 8 nitrogen and oxygen atoms in total. The number of methoxy groups -OCH3 is 1. The van der Waals surface area contributed by atoms with Crippen molar-refractivity contribution in [2.24, 2.45) is 5.92 Å². The van der Waals surface area contributed by atoms with Crippen molar-refractivity contribution >= 4 is 40.8 Å². The minimum Gasteiger partial charge on any atom is -0.453 e. The molecule has 1 aliphatic carbocycles. The van der Waals surface area contributed by atoms with Gasteiger partial charge in [0.2, 0.25) is 0 Å². The zero-order chi connectivity index (χ0) is 23.4. The lowest BCUT2D eigenvalue weighted by molar-refractivity contribution is 0.121. The molecule has 3 fully saturated rings. The summed E-state index contributed by atoms with van der Waals surface area (Å²) in [4.78, 5) is 29.8. The third-order valence-corrected chi connectivity index (χ3v) is 6.96. The Morgan fingerprint density at radius 2 is 1.97 bits per heavy atom. The summed E-state index contributed by atoms with van der Waals surface area (Å²) in [6.45, 7) is 2.73. The molecule has 0 unspecified atom stereocenters. The Hall–Kier alpha value is -2.62. The van der Waals surface area contributed by atoms with E-state index in [0.29, 0.717) is 56.6 Å². The third-order valence-electron chi connectivity index (χ3n) is 6.65. The van der Waals surface area contributed by atoms with Crippen LogP contribution in [0.25, 0.3) is 0 Å². The molecular formula is C23H31FN4O4S. The number of nitrogens with zero attached hydrogens (tertiary/aromatic N) is 3. The highest BCUT2D eigenvalue weighted by atomic mass is 32.1. The van der Waals surface area contributed by atoms with Crippen LogP contribution in [0.1, 0.15) is 32.1 Å². The van der Waals surface area contributed by atoms with E-state index >= 15 is 0 Å². The van der Waals surface area contributed by atoms with Crippen LogP contribution < -0.4 is 15.1 Å². The molecule has 0 radical (unpaired) electrons. The van der Waals surface area contributed by atoms with E-state index in [1.807, 2.05) is 4.90 Å². The number of cyclic esters (lactones) is 1. The number of benzene rings is 1. The molecule has 4 rings (SSSR count). The molecule has 2 saturated heterocycles. The molecule has 1 saturated carbocycles. The first kappa shape index (κ1) is 23.5. The van der Waals surface area contributed by atoms with Crippen molar-refractivity contribution < 1.29 is 23.5 Å². The SMILES string of the molecule is COC(=O)N1CCN(c2ccc(N3C[C@H](CNC(=S)CC4CCCC4)OC3=O)cc2F)CC1. The average molecular weight is 479 g/mol. The fourth-order valence-corrected chi connectivity index (χ4v) is 5.11. The average Bonchev–Trinajstić information content (AvgIpc) is 3.46. The van der Waals surface area contributed by atoms with E-state index < -0.39 is 11.9 Å². The van der Waals surface area contributed by atoms with Gasteiger partial charge in [-0.05, 0) is 24.1 Å². The lowest BCUT2D eigenvalue weighted by Gasteiger charge is -2.35. The Morgan fingerprint density at radius 1 is 1.24 bits per heavy atom. The molecule has 0 spiro atoms. The second kappa shape index (κ2) is 10.5. The number of amides is 2. The van der Waals surface area contributed by atoms with Gasteiger partial charge in [0.25, 0.3) is 0 Å². The number of hydrogen-bond donors (Lipinski definition) is 1. The van der Waals surface area contributed by atoms with Crippen molar-refractivity contribution in [3.8, 4) is 0 Å². The van der Waals surface area contributed by atoms with Crippen LogP contribution >= 0.6 is 12.2 Å². The fourth-order valence-electron chi connectivity index (χ4n) is 4.79. The summed E-state index contributed by atoms with van der Waals surface area (Å²) in [5.41, 5.74) is 0.914. The van der Waals surface area contributed by atoms with E-state index in [1.165, 1.54) is 43.8 Å². The molecule has 3 aliphatic rings. The molecule has 2 amide bonds. The lowest BCUT2D eigenvalue weighted by Crippen LogP contribution is -2.49. The van der Waals surface area contributed by atoms with E-state index in [1.54, 1.807) is 17.0 Å². The van der Waals surface area contributed by atoms with Gasteiger partial charge in [0.15, 0.2) is 0 Å². The molecule has 1 aromatic carbocycles. The second-order valence-electron chi connectivity index (χ2n) is 8.85. The molecular weight excluding hydrogens is 447 g/mol. The monoisotopic (exact) mass is 478 g/mol. The highest BCUT2D eigenvalue weighted by molar-refractivity contribution is 7.80. The Balaban J connectivity index is 1.30. The highest BCUT2D eigenvalue weighted by Crippen LogP contribution is 2.29. The van der Waals surface area contributed by atoms with E-state index in [0.717, 1.165) is 11.4 Å². The predicted octanol–water partition coefficient (Wildman–Crippen LogP) is 3.54.